The number of hydrogen-bond acceptors (Lipinski definition) is 3. The minimum Gasteiger partial charge on any atom is -0.497 e. The van der Waals surface area contributed by atoms with E-state index in [1.165, 1.54) is 24.1 Å². The second-order valence-electron chi connectivity index (χ2n) is 8.72. The highest BCUT2D eigenvalue weighted by Crippen LogP contribution is 2.23. The van der Waals surface area contributed by atoms with Crippen LogP contribution in [-0.2, 0) is 17.6 Å². The molecule has 1 atom stereocenters. The maximum atomic E-state index is 11.0. The fraction of sp³-hybridized carbons (Fsp3) is 0.500. The smallest absolute Gasteiger partial charge is 0.207 e. The van der Waals surface area contributed by atoms with E-state index in [1.54, 1.807) is 14.2 Å². The van der Waals surface area contributed by atoms with Gasteiger partial charge in [0.25, 0.3) is 0 Å². The molecule has 1 aliphatic heterocycles. The number of hydrogen-bond donors (Lipinski definition) is 1. The van der Waals surface area contributed by atoms with Crippen LogP contribution in [0.4, 0.5) is 0 Å². The summed E-state index contributed by atoms with van der Waals surface area (Å²) in [5.74, 6) is 1.81. The number of nitrogens with zero attached hydrogens (tertiary/aromatic N) is 1. The summed E-state index contributed by atoms with van der Waals surface area (Å²) in [5.41, 5.74) is 2.72. The van der Waals surface area contributed by atoms with Gasteiger partial charge in [-0.1, -0.05) is 24.3 Å². The SMILES string of the molecule is COc1ccc(CCC[N+]2(CCCc3ccc(OC)cc3)CCCC(NC=O)C2)cc1. The molecule has 0 spiro atoms. The Hall–Kier alpha value is -2.53. The molecule has 1 amide bonds. The molecule has 0 aromatic heterocycles. The number of carbonyl (C=O) groups excluding carboxylic acids is 1. The molecule has 2 aromatic carbocycles. The van der Waals surface area contributed by atoms with Crippen molar-refractivity contribution in [3.8, 4) is 11.5 Å². The first-order chi connectivity index (χ1) is 15.2. The average Bonchev–Trinajstić information content (AvgIpc) is 2.80. The molecule has 5 nitrogen and oxygen atoms in total. The zero-order valence-electron chi connectivity index (χ0n) is 19.0. The van der Waals surface area contributed by atoms with Crippen molar-refractivity contribution in [1.29, 1.82) is 0 Å². The van der Waals surface area contributed by atoms with Crippen LogP contribution in [0.1, 0.15) is 36.8 Å². The molecule has 168 valence electrons. The number of rotatable bonds is 12. The second kappa shape index (κ2) is 11.8. The Bertz CT molecular complexity index is 736. The van der Waals surface area contributed by atoms with Crippen LogP contribution in [0.15, 0.2) is 48.5 Å². The van der Waals surface area contributed by atoms with Crippen molar-refractivity contribution in [3.05, 3.63) is 59.7 Å². The van der Waals surface area contributed by atoms with E-state index in [0.717, 1.165) is 74.1 Å². The molecular weight excluding hydrogens is 388 g/mol. The number of piperidine rings is 1. The van der Waals surface area contributed by atoms with Crippen LogP contribution in [-0.4, -0.2) is 57.3 Å². The summed E-state index contributed by atoms with van der Waals surface area (Å²) in [7, 11) is 3.41. The molecule has 0 bridgehead atoms. The number of likely N-dealkylation sites (tertiary alicyclic amines) is 1. The minimum absolute atomic E-state index is 0.299. The molecule has 0 radical (unpaired) electrons. The fourth-order valence-corrected chi connectivity index (χ4v) is 4.90. The highest BCUT2D eigenvalue weighted by molar-refractivity contribution is 5.46. The third kappa shape index (κ3) is 7.00. The Morgan fingerprint density at radius 1 is 0.903 bits per heavy atom. The van der Waals surface area contributed by atoms with Gasteiger partial charge in [-0.25, -0.2) is 0 Å². The number of aryl methyl sites for hydroxylation is 2. The van der Waals surface area contributed by atoms with Gasteiger partial charge >= 0.3 is 0 Å². The van der Waals surface area contributed by atoms with Gasteiger partial charge in [0.1, 0.15) is 11.5 Å². The Balaban J connectivity index is 1.57. The topological polar surface area (TPSA) is 47.6 Å². The molecule has 31 heavy (non-hydrogen) atoms. The minimum atomic E-state index is 0.299. The third-order valence-corrected chi connectivity index (χ3v) is 6.61. The molecule has 1 fully saturated rings. The Morgan fingerprint density at radius 3 is 1.87 bits per heavy atom. The first-order valence-electron chi connectivity index (χ1n) is 11.5. The normalized spacial score (nSPS) is 17.7. The van der Waals surface area contributed by atoms with Gasteiger partial charge in [0, 0.05) is 12.8 Å². The third-order valence-electron chi connectivity index (χ3n) is 6.61. The quantitative estimate of drug-likeness (QED) is 0.413. The van der Waals surface area contributed by atoms with Gasteiger partial charge in [0.2, 0.25) is 6.41 Å². The summed E-state index contributed by atoms with van der Waals surface area (Å²) in [6.45, 7) is 4.57. The van der Waals surface area contributed by atoms with Crippen molar-refractivity contribution in [2.24, 2.45) is 0 Å². The highest BCUT2D eigenvalue weighted by atomic mass is 16.5. The zero-order chi connectivity index (χ0) is 21.9. The fourth-order valence-electron chi connectivity index (χ4n) is 4.90. The van der Waals surface area contributed by atoms with Crippen LogP contribution >= 0.6 is 0 Å². The van der Waals surface area contributed by atoms with Gasteiger partial charge in [-0.05, 0) is 61.1 Å². The predicted molar refractivity (Wildman–Crippen MR) is 125 cm³/mol. The molecule has 1 N–H and O–H groups in total. The van der Waals surface area contributed by atoms with Crippen molar-refractivity contribution in [1.82, 2.24) is 5.32 Å². The Kier molecular flexibility index (Phi) is 8.77. The summed E-state index contributed by atoms with van der Waals surface area (Å²) < 4.78 is 11.6. The maximum absolute atomic E-state index is 11.0. The van der Waals surface area contributed by atoms with Gasteiger partial charge in [0.05, 0.1) is 46.4 Å². The van der Waals surface area contributed by atoms with E-state index < -0.39 is 0 Å². The monoisotopic (exact) mass is 425 g/mol. The number of carbonyl (C=O) groups is 1. The summed E-state index contributed by atoms with van der Waals surface area (Å²) >= 11 is 0. The van der Waals surface area contributed by atoms with Gasteiger partial charge in [-0.3, -0.25) is 4.79 Å². The van der Waals surface area contributed by atoms with Crippen LogP contribution in [0, 0.1) is 0 Å². The lowest BCUT2D eigenvalue weighted by Crippen LogP contribution is -2.59. The van der Waals surface area contributed by atoms with Crippen LogP contribution in [0.2, 0.25) is 0 Å². The molecule has 1 saturated heterocycles. The standard InChI is InChI=1S/C26H36N2O3/c1-30-25-13-9-22(10-14-25)6-3-17-28(19-5-8-24(20-28)27-21-29)18-4-7-23-11-15-26(31-2)16-12-23/h9-16,21,24H,3-8,17-20H2,1-2H3/p+1. The van der Waals surface area contributed by atoms with Gasteiger partial charge < -0.3 is 19.3 Å². The van der Waals surface area contributed by atoms with Gasteiger partial charge in [-0.2, -0.15) is 0 Å². The van der Waals surface area contributed by atoms with Crippen molar-refractivity contribution in [2.75, 3.05) is 40.4 Å². The van der Waals surface area contributed by atoms with E-state index in [-0.39, 0.29) is 0 Å². The number of benzene rings is 2. The van der Waals surface area contributed by atoms with E-state index in [9.17, 15) is 4.79 Å². The Morgan fingerprint density at radius 2 is 1.42 bits per heavy atom. The van der Waals surface area contributed by atoms with Crippen LogP contribution in [0.25, 0.3) is 0 Å². The van der Waals surface area contributed by atoms with Crippen molar-refractivity contribution < 1.29 is 18.8 Å². The van der Waals surface area contributed by atoms with E-state index in [0.29, 0.717) is 6.04 Å². The first-order valence-corrected chi connectivity index (χ1v) is 11.5. The number of nitrogens with one attached hydrogen (secondary N) is 1. The first kappa shape index (κ1) is 23.1. The van der Waals surface area contributed by atoms with E-state index in [2.05, 4.69) is 29.6 Å². The molecule has 5 heteroatoms. The predicted octanol–water partition coefficient (Wildman–Crippen LogP) is 3.99. The molecule has 1 unspecified atom stereocenters. The van der Waals surface area contributed by atoms with Crippen LogP contribution in [0.3, 0.4) is 0 Å². The number of amides is 1. The highest BCUT2D eigenvalue weighted by Gasteiger charge is 2.34. The Labute approximate surface area is 187 Å². The maximum Gasteiger partial charge on any atom is 0.207 e. The number of quaternary nitrogens is 1. The van der Waals surface area contributed by atoms with E-state index >= 15 is 0 Å². The molecule has 0 aliphatic carbocycles. The zero-order valence-corrected chi connectivity index (χ0v) is 19.0. The van der Waals surface area contributed by atoms with Crippen LogP contribution < -0.4 is 14.8 Å². The van der Waals surface area contributed by atoms with Gasteiger partial charge in [-0.15, -0.1) is 0 Å². The van der Waals surface area contributed by atoms with Crippen LogP contribution in [0.5, 0.6) is 11.5 Å². The largest absolute Gasteiger partial charge is 0.497 e. The second-order valence-corrected chi connectivity index (χ2v) is 8.72. The lowest BCUT2D eigenvalue weighted by Gasteiger charge is -2.44. The number of methoxy groups -OCH3 is 2. The summed E-state index contributed by atoms with van der Waals surface area (Å²) in [5, 5.41) is 3.06. The summed E-state index contributed by atoms with van der Waals surface area (Å²) in [4.78, 5) is 11.0. The molecule has 1 heterocycles. The van der Waals surface area contributed by atoms with E-state index in [4.69, 9.17) is 9.47 Å². The number of ether oxygens (including phenoxy) is 2. The summed E-state index contributed by atoms with van der Waals surface area (Å²) in [6.07, 6.45) is 7.61. The van der Waals surface area contributed by atoms with Crippen molar-refractivity contribution >= 4 is 6.41 Å². The average molecular weight is 426 g/mol. The molecular formula is C26H37N2O3+. The van der Waals surface area contributed by atoms with Gasteiger partial charge in [0.15, 0.2) is 0 Å². The molecule has 3 rings (SSSR count). The molecule has 1 aliphatic rings. The lowest BCUT2D eigenvalue weighted by molar-refractivity contribution is -0.933. The lowest BCUT2D eigenvalue weighted by atomic mass is 9.99. The van der Waals surface area contributed by atoms with E-state index in [1.807, 2.05) is 24.3 Å². The van der Waals surface area contributed by atoms with Crippen molar-refractivity contribution in [2.45, 2.75) is 44.6 Å². The molecule has 0 saturated carbocycles. The van der Waals surface area contributed by atoms with Crippen molar-refractivity contribution in [3.63, 3.8) is 0 Å². The molecule has 2 aromatic rings. The summed E-state index contributed by atoms with van der Waals surface area (Å²) in [6, 6.07) is 17.1.